The number of hydrogen-bond acceptors (Lipinski definition) is 4. The van der Waals surface area contributed by atoms with Gasteiger partial charge in [-0.1, -0.05) is 29.8 Å². The van der Waals surface area contributed by atoms with E-state index in [1.54, 1.807) is 46.8 Å². The Balaban J connectivity index is 3.00. The first-order valence-electron chi connectivity index (χ1n) is 6.93. The van der Waals surface area contributed by atoms with Crippen LogP contribution in [0.1, 0.15) is 34.6 Å². The molecule has 0 aliphatic carbocycles. The highest BCUT2D eigenvalue weighted by atomic mass is 79.9. The molecule has 0 aliphatic heterocycles. The van der Waals surface area contributed by atoms with Crippen molar-refractivity contribution in [1.82, 2.24) is 4.72 Å². The van der Waals surface area contributed by atoms with Gasteiger partial charge in [-0.25, -0.2) is 8.42 Å². The molecule has 1 N–H and O–H groups in total. The van der Waals surface area contributed by atoms with Crippen LogP contribution in [-0.4, -0.2) is 26.0 Å². The fraction of sp³-hybridized carbons (Fsp3) is 0.533. The lowest BCUT2D eigenvalue weighted by molar-refractivity contribution is -0.158. The molecule has 1 aromatic rings. The van der Waals surface area contributed by atoms with Crippen molar-refractivity contribution in [2.75, 3.05) is 0 Å². The molecule has 1 unspecified atom stereocenters. The molecular formula is C15H22BrNO4S. The summed E-state index contributed by atoms with van der Waals surface area (Å²) < 4.78 is 33.3. The van der Waals surface area contributed by atoms with E-state index in [2.05, 4.69) is 20.7 Å². The highest BCUT2D eigenvalue weighted by molar-refractivity contribution is 9.10. The van der Waals surface area contributed by atoms with Crippen LogP contribution >= 0.6 is 15.9 Å². The van der Waals surface area contributed by atoms with Crippen LogP contribution in [-0.2, 0) is 19.6 Å². The van der Waals surface area contributed by atoms with Gasteiger partial charge < -0.3 is 4.74 Å². The van der Waals surface area contributed by atoms with E-state index in [1.165, 1.54) is 12.1 Å². The number of sulfonamides is 1. The third-order valence-electron chi connectivity index (χ3n) is 2.73. The fourth-order valence-corrected chi connectivity index (χ4v) is 3.27. The van der Waals surface area contributed by atoms with Gasteiger partial charge in [-0.2, -0.15) is 4.72 Å². The number of ether oxygens (including phenoxy) is 1. The van der Waals surface area contributed by atoms with Gasteiger partial charge in [0.15, 0.2) is 0 Å². The summed E-state index contributed by atoms with van der Waals surface area (Å²) in [5, 5.41) is 0. The van der Waals surface area contributed by atoms with Crippen molar-refractivity contribution in [3.05, 3.63) is 28.7 Å². The number of esters is 1. The van der Waals surface area contributed by atoms with E-state index in [0.29, 0.717) is 0 Å². The van der Waals surface area contributed by atoms with Crippen LogP contribution in [0.15, 0.2) is 33.6 Å². The van der Waals surface area contributed by atoms with Gasteiger partial charge >= 0.3 is 5.97 Å². The average Bonchev–Trinajstić information content (AvgIpc) is 2.34. The van der Waals surface area contributed by atoms with Gasteiger partial charge in [-0.3, -0.25) is 4.79 Å². The summed E-state index contributed by atoms with van der Waals surface area (Å²) in [6.07, 6.45) is 0. The summed E-state index contributed by atoms with van der Waals surface area (Å²) >= 11 is 3.25. The van der Waals surface area contributed by atoms with Gasteiger partial charge in [0.1, 0.15) is 11.6 Å². The summed E-state index contributed by atoms with van der Waals surface area (Å²) in [6.45, 7) is 8.75. The molecule has 22 heavy (non-hydrogen) atoms. The monoisotopic (exact) mass is 391 g/mol. The molecule has 0 aliphatic rings. The number of rotatable bonds is 5. The van der Waals surface area contributed by atoms with Crippen LogP contribution in [0.4, 0.5) is 0 Å². The molecule has 0 bridgehead atoms. The van der Waals surface area contributed by atoms with Crippen LogP contribution in [0, 0.1) is 5.92 Å². The lowest BCUT2D eigenvalue weighted by Crippen LogP contribution is -2.47. The molecule has 5 nitrogen and oxygen atoms in total. The second-order valence-electron chi connectivity index (χ2n) is 6.33. The highest BCUT2D eigenvalue weighted by Crippen LogP contribution is 2.18. The Labute approximate surface area is 140 Å². The topological polar surface area (TPSA) is 72.5 Å². The lowest BCUT2D eigenvalue weighted by Gasteiger charge is -2.26. The number of halogens is 1. The number of nitrogens with one attached hydrogen (secondary N) is 1. The molecule has 0 amide bonds. The van der Waals surface area contributed by atoms with Crippen LogP contribution in [0.5, 0.6) is 0 Å². The Hall–Kier alpha value is -0.920. The van der Waals surface area contributed by atoms with E-state index in [4.69, 9.17) is 4.74 Å². The van der Waals surface area contributed by atoms with E-state index in [9.17, 15) is 13.2 Å². The van der Waals surface area contributed by atoms with E-state index in [-0.39, 0.29) is 10.8 Å². The van der Waals surface area contributed by atoms with Gasteiger partial charge in [-0.05, 0) is 51.0 Å². The smallest absolute Gasteiger partial charge is 0.324 e. The maximum Gasteiger partial charge on any atom is 0.324 e. The lowest BCUT2D eigenvalue weighted by atomic mass is 10.1. The van der Waals surface area contributed by atoms with E-state index >= 15 is 0 Å². The third-order valence-corrected chi connectivity index (χ3v) is 4.72. The molecule has 0 saturated carbocycles. The molecule has 0 spiro atoms. The second-order valence-corrected chi connectivity index (χ2v) is 8.96. The van der Waals surface area contributed by atoms with Crippen molar-refractivity contribution in [3.63, 3.8) is 0 Å². The molecule has 0 aromatic heterocycles. The Morgan fingerprint density at radius 2 is 1.68 bits per heavy atom. The van der Waals surface area contributed by atoms with Crippen molar-refractivity contribution in [2.45, 2.75) is 51.2 Å². The van der Waals surface area contributed by atoms with Crippen molar-refractivity contribution in [1.29, 1.82) is 0 Å². The van der Waals surface area contributed by atoms with Crippen LogP contribution in [0.25, 0.3) is 0 Å². The van der Waals surface area contributed by atoms with E-state index in [0.717, 1.165) is 4.47 Å². The van der Waals surface area contributed by atoms with Gasteiger partial charge in [0, 0.05) is 4.47 Å². The molecule has 0 radical (unpaired) electrons. The number of carbonyl (C=O) groups is 1. The van der Waals surface area contributed by atoms with E-state index in [1.807, 2.05) is 0 Å². The van der Waals surface area contributed by atoms with Crippen molar-refractivity contribution in [3.8, 4) is 0 Å². The predicted octanol–water partition coefficient (Wildman–Crippen LogP) is 3.09. The van der Waals surface area contributed by atoms with Crippen LogP contribution in [0.2, 0.25) is 0 Å². The van der Waals surface area contributed by atoms with Crippen molar-refractivity contribution >= 4 is 31.9 Å². The van der Waals surface area contributed by atoms with Crippen molar-refractivity contribution < 1.29 is 17.9 Å². The molecule has 0 fully saturated rings. The minimum absolute atomic E-state index is 0.102. The first-order chi connectivity index (χ1) is 9.92. The average molecular weight is 392 g/mol. The molecule has 7 heteroatoms. The molecule has 1 aromatic carbocycles. The Morgan fingerprint density at radius 3 is 2.09 bits per heavy atom. The summed E-state index contributed by atoms with van der Waals surface area (Å²) in [5.41, 5.74) is -0.673. The molecule has 1 rings (SSSR count). The first kappa shape index (κ1) is 19.1. The number of hydrogen-bond donors (Lipinski definition) is 1. The summed E-state index contributed by atoms with van der Waals surface area (Å²) in [4.78, 5) is 12.3. The molecule has 0 saturated heterocycles. The quantitative estimate of drug-likeness (QED) is 0.782. The first-order valence-corrected chi connectivity index (χ1v) is 9.21. The highest BCUT2D eigenvalue weighted by Gasteiger charge is 2.32. The largest absolute Gasteiger partial charge is 0.459 e. The summed E-state index contributed by atoms with van der Waals surface area (Å²) in [6, 6.07) is 5.27. The van der Waals surface area contributed by atoms with Gasteiger partial charge in [0.05, 0.1) is 4.90 Å². The minimum atomic E-state index is -3.79. The zero-order valence-electron chi connectivity index (χ0n) is 13.4. The standard InChI is InChI=1S/C15H22BrNO4S/c1-10(2)13(14(18)21-15(3,4)5)17-22(19,20)12-8-6-11(16)7-9-12/h6-10,13,17H,1-5H3. The normalized spacial score (nSPS) is 14.0. The SMILES string of the molecule is CC(C)C(NS(=O)(=O)c1ccc(Br)cc1)C(=O)OC(C)(C)C. The van der Waals surface area contributed by atoms with Crippen molar-refractivity contribution in [2.24, 2.45) is 5.92 Å². The van der Waals surface area contributed by atoms with Gasteiger partial charge in [0.2, 0.25) is 10.0 Å². The summed E-state index contributed by atoms with van der Waals surface area (Å²) in [5.74, 6) is -0.816. The maximum atomic E-state index is 12.4. The van der Waals surface area contributed by atoms with Crippen LogP contribution < -0.4 is 4.72 Å². The predicted molar refractivity (Wildman–Crippen MR) is 88.9 cm³/mol. The zero-order valence-corrected chi connectivity index (χ0v) is 15.8. The number of benzene rings is 1. The Morgan fingerprint density at radius 1 is 1.18 bits per heavy atom. The second kappa shape index (κ2) is 7.10. The fourth-order valence-electron chi connectivity index (χ4n) is 1.67. The molecular weight excluding hydrogens is 370 g/mol. The Bertz CT molecular complexity index is 618. The van der Waals surface area contributed by atoms with E-state index < -0.39 is 27.6 Å². The third kappa shape index (κ3) is 5.70. The summed E-state index contributed by atoms with van der Waals surface area (Å²) in [7, 11) is -3.79. The molecule has 0 heterocycles. The minimum Gasteiger partial charge on any atom is -0.459 e. The Kier molecular flexibility index (Phi) is 6.18. The van der Waals surface area contributed by atoms with Gasteiger partial charge in [0.25, 0.3) is 0 Å². The number of carbonyl (C=O) groups excluding carboxylic acids is 1. The molecule has 124 valence electrons. The van der Waals surface area contributed by atoms with Crippen LogP contribution in [0.3, 0.4) is 0 Å². The van der Waals surface area contributed by atoms with Gasteiger partial charge in [-0.15, -0.1) is 0 Å². The zero-order chi connectivity index (χ0) is 17.1. The maximum absolute atomic E-state index is 12.4. The molecule has 1 atom stereocenters.